The summed E-state index contributed by atoms with van der Waals surface area (Å²) in [5.41, 5.74) is -0.126. The van der Waals surface area contributed by atoms with E-state index in [1.807, 2.05) is 6.26 Å². The van der Waals surface area contributed by atoms with E-state index in [-0.39, 0.29) is 12.4 Å². The van der Waals surface area contributed by atoms with Gasteiger partial charge in [-0.25, -0.2) is 0 Å². The van der Waals surface area contributed by atoms with Crippen LogP contribution in [0.4, 0.5) is 13.2 Å². The van der Waals surface area contributed by atoms with Crippen LogP contribution in [-0.2, 0) is 12.7 Å². The third-order valence-electron chi connectivity index (χ3n) is 2.28. The summed E-state index contributed by atoms with van der Waals surface area (Å²) in [6.07, 6.45) is -2.51. The molecule has 0 amide bonds. The molecule has 0 radical (unpaired) electrons. The largest absolute Gasteiger partial charge is 0.492 e. The van der Waals surface area contributed by atoms with Crippen molar-refractivity contribution in [3.05, 3.63) is 29.3 Å². The van der Waals surface area contributed by atoms with Crippen LogP contribution in [-0.4, -0.2) is 25.7 Å². The van der Waals surface area contributed by atoms with E-state index in [0.717, 1.165) is 6.07 Å². The lowest BCUT2D eigenvalue weighted by molar-refractivity contribution is -0.138. The van der Waals surface area contributed by atoms with Crippen molar-refractivity contribution < 1.29 is 17.9 Å². The van der Waals surface area contributed by atoms with Crippen LogP contribution in [0, 0.1) is 0 Å². The van der Waals surface area contributed by atoms with Crippen molar-refractivity contribution in [3.8, 4) is 5.75 Å². The van der Waals surface area contributed by atoms with Gasteiger partial charge in [0.15, 0.2) is 0 Å². The minimum Gasteiger partial charge on any atom is -0.492 e. The maximum atomic E-state index is 12.9. The molecule has 0 fully saturated rings. The fourth-order valence-corrected chi connectivity index (χ4v) is 1.72. The van der Waals surface area contributed by atoms with Crippen molar-refractivity contribution in [1.29, 1.82) is 0 Å². The number of ether oxygens (including phenoxy) is 1. The molecule has 0 aliphatic heterocycles. The number of benzene rings is 1. The van der Waals surface area contributed by atoms with Crippen LogP contribution in [0.15, 0.2) is 18.2 Å². The Morgan fingerprint density at radius 2 is 2.06 bits per heavy atom. The predicted molar refractivity (Wildman–Crippen MR) is 68.1 cm³/mol. The number of alkyl halides is 3. The first-order valence-corrected chi connectivity index (χ1v) is 6.85. The molecule has 1 N–H and O–H groups in total. The van der Waals surface area contributed by atoms with Gasteiger partial charge in [0, 0.05) is 12.3 Å². The van der Waals surface area contributed by atoms with Crippen LogP contribution in [0.3, 0.4) is 0 Å². The molecule has 1 aromatic rings. The molecule has 0 spiro atoms. The first-order valence-electron chi connectivity index (χ1n) is 5.45. The van der Waals surface area contributed by atoms with Crippen molar-refractivity contribution in [2.75, 3.05) is 25.7 Å². The Labute approximate surface area is 109 Å². The SMILES string of the molecule is CNCc1ccc(OCCSC)c(C(F)(F)F)c1. The number of thioether (sulfide) groups is 1. The van der Waals surface area contributed by atoms with E-state index in [4.69, 9.17) is 4.74 Å². The summed E-state index contributed by atoms with van der Waals surface area (Å²) in [7, 11) is 1.69. The van der Waals surface area contributed by atoms with E-state index in [0.29, 0.717) is 17.9 Å². The van der Waals surface area contributed by atoms with Gasteiger partial charge in [-0.2, -0.15) is 24.9 Å². The van der Waals surface area contributed by atoms with Gasteiger partial charge >= 0.3 is 6.18 Å². The molecule has 0 saturated heterocycles. The smallest absolute Gasteiger partial charge is 0.419 e. The van der Waals surface area contributed by atoms with Gasteiger partial charge in [0.2, 0.25) is 0 Å². The minimum atomic E-state index is -4.39. The molecule has 0 bridgehead atoms. The van der Waals surface area contributed by atoms with Crippen LogP contribution in [0.2, 0.25) is 0 Å². The summed E-state index contributed by atoms with van der Waals surface area (Å²) >= 11 is 1.53. The molecule has 0 aromatic heterocycles. The van der Waals surface area contributed by atoms with Crippen molar-refractivity contribution in [1.82, 2.24) is 5.32 Å². The first-order chi connectivity index (χ1) is 8.49. The van der Waals surface area contributed by atoms with Gasteiger partial charge < -0.3 is 10.1 Å². The lowest BCUT2D eigenvalue weighted by Crippen LogP contribution is -2.12. The molecule has 0 heterocycles. The summed E-state index contributed by atoms with van der Waals surface area (Å²) in [4.78, 5) is 0. The fraction of sp³-hybridized carbons (Fsp3) is 0.500. The van der Waals surface area contributed by atoms with Gasteiger partial charge in [-0.1, -0.05) is 6.07 Å². The highest BCUT2D eigenvalue weighted by atomic mass is 32.2. The molecule has 102 valence electrons. The van der Waals surface area contributed by atoms with Crippen LogP contribution in [0.1, 0.15) is 11.1 Å². The van der Waals surface area contributed by atoms with Gasteiger partial charge in [-0.3, -0.25) is 0 Å². The summed E-state index contributed by atoms with van der Waals surface area (Å²) < 4.78 is 43.8. The normalized spacial score (nSPS) is 11.6. The topological polar surface area (TPSA) is 21.3 Å². The molecular formula is C12H16F3NOS. The first kappa shape index (κ1) is 15.2. The Morgan fingerprint density at radius 1 is 1.33 bits per heavy atom. The molecule has 0 unspecified atom stereocenters. The van der Waals surface area contributed by atoms with Crippen LogP contribution < -0.4 is 10.1 Å². The van der Waals surface area contributed by atoms with Crippen molar-refractivity contribution in [3.63, 3.8) is 0 Å². The lowest BCUT2D eigenvalue weighted by atomic mass is 10.1. The number of rotatable bonds is 6. The maximum Gasteiger partial charge on any atom is 0.419 e. The van der Waals surface area contributed by atoms with Gasteiger partial charge in [-0.05, 0) is 31.0 Å². The van der Waals surface area contributed by atoms with Crippen molar-refractivity contribution in [2.24, 2.45) is 0 Å². The van der Waals surface area contributed by atoms with E-state index in [9.17, 15) is 13.2 Å². The molecule has 18 heavy (non-hydrogen) atoms. The van der Waals surface area contributed by atoms with E-state index >= 15 is 0 Å². The van der Waals surface area contributed by atoms with Crippen LogP contribution >= 0.6 is 11.8 Å². The summed E-state index contributed by atoms with van der Waals surface area (Å²) in [5, 5.41) is 2.82. The fourth-order valence-electron chi connectivity index (χ4n) is 1.47. The monoisotopic (exact) mass is 279 g/mol. The quantitative estimate of drug-likeness (QED) is 0.808. The molecular weight excluding hydrogens is 263 g/mol. The van der Waals surface area contributed by atoms with Crippen LogP contribution in [0.5, 0.6) is 5.75 Å². The van der Waals surface area contributed by atoms with E-state index in [1.165, 1.54) is 17.8 Å². The van der Waals surface area contributed by atoms with Crippen molar-refractivity contribution in [2.45, 2.75) is 12.7 Å². The standard InChI is InChI=1S/C12H16F3NOS/c1-16-8-9-3-4-11(17-5-6-18-2)10(7-9)12(13,14)15/h3-4,7,16H,5-6,8H2,1-2H3. The van der Waals surface area contributed by atoms with Gasteiger partial charge in [-0.15, -0.1) is 0 Å². The van der Waals surface area contributed by atoms with Crippen LogP contribution in [0.25, 0.3) is 0 Å². The molecule has 0 aliphatic carbocycles. The zero-order valence-corrected chi connectivity index (χ0v) is 11.1. The molecule has 2 nitrogen and oxygen atoms in total. The van der Waals surface area contributed by atoms with Gasteiger partial charge in [0.25, 0.3) is 0 Å². The zero-order valence-electron chi connectivity index (χ0n) is 10.3. The van der Waals surface area contributed by atoms with Gasteiger partial charge in [0.05, 0.1) is 12.2 Å². The van der Waals surface area contributed by atoms with E-state index in [2.05, 4.69) is 5.32 Å². The Bertz CT molecular complexity index is 382. The second-order valence-electron chi connectivity index (χ2n) is 3.70. The molecule has 0 atom stereocenters. The van der Waals surface area contributed by atoms with E-state index in [1.54, 1.807) is 13.1 Å². The summed E-state index contributed by atoms with van der Waals surface area (Å²) in [5.74, 6) is 0.562. The molecule has 1 rings (SSSR count). The maximum absolute atomic E-state index is 12.9. The summed E-state index contributed by atoms with van der Waals surface area (Å²) in [6, 6.07) is 4.15. The van der Waals surface area contributed by atoms with Gasteiger partial charge in [0.1, 0.15) is 5.75 Å². The predicted octanol–water partition coefficient (Wildman–Crippen LogP) is 3.17. The highest BCUT2D eigenvalue weighted by molar-refractivity contribution is 7.98. The highest BCUT2D eigenvalue weighted by Gasteiger charge is 2.34. The third kappa shape index (κ3) is 4.42. The van der Waals surface area contributed by atoms with Crippen molar-refractivity contribution >= 4 is 11.8 Å². The number of hydrogen-bond donors (Lipinski definition) is 1. The average molecular weight is 279 g/mol. The summed E-state index contributed by atoms with van der Waals surface area (Å²) in [6.45, 7) is 0.670. The number of nitrogens with one attached hydrogen (secondary N) is 1. The average Bonchev–Trinajstić information content (AvgIpc) is 2.30. The number of hydrogen-bond acceptors (Lipinski definition) is 3. The Kier molecular flexibility index (Phi) is 5.81. The van der Waals surface area contributed by atoms with E-state index < -0.39 is 11.7 Å². The zero-order chi connectivity index (χ0) is 13.6. The molecule has 6 heteroatoms. The third-order valence-corrected chi connectivity index (χ3v) is 2.85. The molecule has 0 saturated carbocycles. The minimum absolute atomic E-state index is 0.101. The second kappa shape index (κ2) is 6.89. The number of halogens is 3. The Morgan fingerprint density at radius 3 is 2.61 bits per heavy atom. The molecule has 0 aliphatic rings. The Balaban J connectivity index is 2.94. The molecule has 1 aromatic carbocycles. The lowest BCUT2D eigenvalue weighted by Gasteiger charge is -2.15. The highest BCUT2D eigenvalue weighted by Crippen LogP contribution is 2.36. The second-order valence-corrected chi connectivity index (χ2v) is 4.69. The Hall–Kier alpha value is -0.880.